The molecule has 1 aromatic carbocycles. The number of para-hydroxylation sites is 1. The van der Waals surface area contributed by atoms with Gasteiger partial charge in [0.05, 0.1) is 20.3 Å². The number of methoxy groups -OCH3 is 2. The second-order valence-corrected chi connectivity index (χ2v) is 8.43. The van der Waals surface area contributed by atoms with E-state index in [1.807, 2.05) is 53.6 Å². The van der Waals surface area contributed by atoms with E-state index in [-0.39, 0.29) is 5.50 Å². The number of benzene rings is 1. The predicted octanol–water partition coefficient (Wildman–Crippen LogP) is 4.49. The van der Waals surface area contributed by atoms with Gasteiger partial charge in [-0.15, -0.1) is 0 Å². The van der Waals surface area contributed by atoms with Gasteiger partial charge in [-0.2, -0.15) is 9.97 Å². The molecule has 2 N–H and O–H groups in total. The van der Waals surface area contributed by atoms with Crippen LogP contribution < -0.4 is 24.8 Å². The summed E-state index contributed by atoms with van der Waals surface area (Å²) in [6.45, 7) is 1.99. The quantitative estimate of drug-likeness (QED) is 0.513. The van der Waals surface area contributed by atoms with E-state index in [4.69, 9.17) is 19.9 Å². The molecule has 0 saturated heterocycles. The van der Waals surface area contributed by atoms with E-state index in [2.05, 4.69) is 15.0 Å². The minimum absolute atomic E-state index is 0.268. The molecule has 8 nitrogen and oxygen atoms in total. The third kappa shape index (κ3) is 4.87. The van der Waals surface area contributed by atoms with Crippen LogP contribution in [0.15, 0.2) is 69.8 Å². The Bertz CT molecular complexity index is 1080. The van der Waals surface area contributed by atoms with Crippen molar-refractivity contribution in [2.24, 2.45) is 5.73 Å². The largest absolute Gasteiger partial charge is 0.481 e. The van der Waals surface area contributed by atoms with E-state index in [1.54, 1.807) is 26.5 Å². The van der Waals surface area contributed by atoms with Crippen LogP contribution in [0.3, 0.4) is 0 Å². The fraction of sp³-hybridized carbons (Fsp3) is 0.190. The third-order valence-electron chi connectivity index (χ3n) is 4.31. The highest BCUT2D eigenvalue weighted by Crippen LogP contribution is 2.41. The van der Waals surface area contributed by atoms with Crippen molar-refractivity contribution >= 4 is 29.3 Å². The fourth-order valence-corrected chi connectivity index (χ4v) is 4.46. The second-order valence-electron chi connectivity index (χ2n) is 6.40. The van der Waals surface area contributed by atoms with E-state index in [1.165, 1.54) is 23.5 Å². The van der Waals surface area contributed by atoms with Gasteiger partial charge in [-0.3, -0.25) is 0 Å². The minimum Gasteiger partial charge on any atom is -0.481 e. The molecule has 0 saturated carbocycles. The van der Waals surface area contributed by atoms with Crippen molar-refractivity contribution in [3.63, 3.8) is 0 Å². The number of pyridine rings is 1. The molecule has 1 unspecified atom stereocenters. The molecule has 10 heteroatoms. The molecule has 0 bridgehead atoms. The number of nitrogens with two attached hydrogens (primary N) is 1. The Morgan fingerprint density at radius 2 is 1.77 bits per heavy atom. The van der Waals surface area contributed by atoms with E-state index in [0.29, 0.717) is 34.2 Å². The average molecular weight is 456 g/mol. The zero-order valence-corrected chi connectivity index (χ0v) is 18.8. The predicted molar refractivity (Wildman–Crippen MR) is 122 cm³/mol. The summed E-state index contributed by atoms with van der Waals surface area (Å²) in [4.78, 5) is 16.2. The number of rotatable bonds is 7. The average Bonchev–Trinajstić information content (AvgIpc) is 3.12. The van der Waals surface area contributed by atoms with Gasteiger partial charge in [0.15, 0.2) is 16.7 Å². The number of aromatic nitrogens is 3. The molecule has 0 fully saturated rings. The molecule has 31 heavy (non-hydrogen) atoms. The number of hydrogen-bond acceptors (Lipinski definition) is 10. The van der Waals surface area contributed by atoms with Crippen molar-refractivity contribution in [1.82, 2.24) is 15.0 Å². The van der Waals surface area contributed by atoms with Crippen molar-refractivity contribution in [3.8, 4) is 23.3 Å². The molecule has 0 amide bonds. The van der Waals surface area contributed by atoms with Gasteiger partial charge in [-0.25, -0.2) is 4.98 Å². The molecule has 1 aliphatic heterocycles. The van der Waals surface area contributed by atoms with Crippen LogP contribution in [-0.2, 0) is 0 Å². The SMILES string of the molecule is COc1cc(OC)nc(Sc2cnc(N3C(C)=CSC3N)c(Oc3ccccc3)c2)n1. The lowest BCUT2D eigenvalue weighted by Gasteiger charge is -2.25. The number of thioether (sulfide) groups is 1. The Balaban J connectivity index is 1.70. The number of ether oxygens (including phenoxy) is 3. The van der Waals surface area contributed by atoms with E-state index < -0.39 is 0 Å². The number of nitrogens with zero attached hydrogens (tertiary/aromatic N) is 4. The summed E-state index contributed by atoms with van der Waals surface area (Å²) in [6.07, 6.45) is 1.75. The van der Waals surface area contributed by atoms with Crippen LogP contribution in [0.2, 0.25) is 0 Å². The van der Waals surface area contributed by atoms with E-state index in [0.717, 1.165) is 10.6 Å². The van der Waals surface area contributed by atoms with Gasteiger partial charge in [0.1, 0.15) is 11.2 Å². The first-order chi connectivity index (χ1) is 15.1. The lowest BCUT2D eigenvalue weighted by Crippen LogP contribution is -2.35. The van der Waals surface area contributed by atoms with Gasteiger partial charge in [-0.1, -0.05) is 30.0 Å². The first-order valence-electron chi connectivity index (χ1n) is 9.32. The second kappa shape index (κ2) is 9.46. The monoisotopic (exact) mass is 455 g/mol. The molecule has 2 aromatic heterocycles. The van der Waals surface area contributed by atoms with E-state index in [9.17, 15) is 0 Å². The first-order valence-corrected chi connectivity index (χ1v) is 11.1. The topological polar surface area (TPSA) is 95.6 Å². The smallest absolute Gasteiger partial charge is 0.220 e. The highest BCUT2D eigenvalue weighted by atomic mass is 32.2. The molecule has 1 aliphatic rings. The first kappa shape index (κ1) is 21.3. The summed E-state index contributed by atoms with van der Waals surface area (Å²) in [5.41, 5.74) is 7.01. The van der Waals surface area contributed by atoms with Crippen LogP contribution in [0.25, 0.3) is 0 Å². The maximum Gasteiger partial charge on any atom is 0.220 e. The van der Waals surface area contributed by atoms with Crippen LogP contribution in [0, 0.1) is 0 Å². The Kier molecular flexibility index (Phi) is 6.50. The zero-order valence-electron chi connectivity index (χ0n) is 17.2. The summed E-state index contributed by atoms with van der Waals surface area (Å²) < 4.78 is 16.7. The van der Waals surface area contributed by atoms with Crippen molar-refractivity contribution in [2.45, 2.75) is 22.5 Å². The summed E-state index contributed by atoms with van der Waals surface area (Å²) in [5, 5.41) is 2.48. The summed E-state index contributed by atoms with van der Waals surface area (Å²) >= 11 is 2.86. The van der Waals surface area contributed by atoms with Gasteiger partial charge in [0.2, 0.25) is 11.8 Å². The highest BCUT2D eigenvalue weighted by Gasteiger charge is 2.27. The van der Waals surface area contributed by atoms with Gasteiger partial charge in [0.25, 0.3) is 0 Å². The van der Waals surface area contributed by atoms with Crippen LogP contribution in [0.4, 0.5) is 5.82 Å². The van der Waals surface area contributed by atoms with Gasteiger partial charge in [0, 0.05) is 22.9 Å². The normalized spacial score (nSPS) is 15.5. The van der Waals surface area contributed by atoms with Crippen LogP contribution in [0.5, 0.6) is 23.3 Å². The lowest BCUT2D eigenvalue weighted by atomic mass is 10.3. The van der Waals surface area contributed by atoms with Crippen LogP contribution in [0.1, 0.15) is 6.92 Å². The molecule has 1 atom stereocenters. The Morgan fingerprint density at radius 1 is 1.06 bits per heavy atom. The molecule has 3 heterocycles. The van der Waals surface area contributed by atoms with Crippen molar-refractivity contribution < 1.29 is 14.2 Å². The molecule has 3 aromatic rings. The highest BCUT2D eigenvalue weighted by molar-refractivity contribution is 8.03. The Labute approximate surface area is 188 Å². The van der Waals surface area contributed by atoms with Crippen molar-refractivity contribution in [3.05, 3.63) is 59.8 Å². The van der Waals surface area contributed by atoms with Crippen LogP contribution >= 0.6 is 23.5 Å². The van der Waals surface area contributed by atoms with Crippen LogP contribution in [-0.4, -0.2) is 34.7 Å². The number of allylic oxidation sites excluding steroid dienone is 1. The Morgan fingerprint density at radius 3 is 2.39 bits per heavy atom. The summed E-state index contributed by atoms with van der Waals surface area (Å²) in [5.74, 6) is 2.76. The molecule has 4 rings (SSSR count). The lowest BCUT2D eigenvalue weighted by molar-refractivity contribution is 0.364. The zero-order chi connectivity index (χ0) is 21.8. The molecule has 0 aliphatic carbocycles. The minimum atomic E-state index is -0.268. The third-order valence-corrected chi connectivity index (χ3v) is 6.10. The summed E-state index contributed by atoms with van der Waals surface area (Å²) in [7, 11) is 3.09. The Hall–Kier alpha value is -2.95. The maximum atomic E-state index is 6.28. The standard InChI is InChI=1S/C21H21N5O3S2/c1-13-12-30-20(22)26(13)19-16(29-14-7-5-4-6-8-14)9-15(11-23-19)31-21-24-17(27-2)10-18(25-21)28-3/h4-12,20H,22H2,1-3H3. The fourth-order valence-electron chi connectivity index (χ4n) is 2.86. The van der Waals surface area contributed by atoms with Gasteiger partial charge in [-0.05, 0) is 36.2 Å². The van der Waals surface area contributed by atoms with Crippen molar-refractivity contribution in [2.75, 3.05) is 19.1 Å². The molecule has 0 radical (unpaired) electrons. The summed E-state index contributed by atoms with van der Waals surface area (Å²) in [6, 6.07) is 13.1. The number of hydrogen-bond donors (Lipinski definition) is 1. The molecular weight excluding hydrogens is 434 g/mol. The number of anilines is 1. The van der Waals surface area contributed by atoms with Gasteiger partial charge < -0.3 is 24.8 Å². The molecule has 0 spiro atoms. The van der Waals surface area contributed by atoms with E-state index >= 15 is 0 Å². The maximum absolute atomic E-state index is 6.28. The molecular formula is C21H21N5O3S2. The molecule has 160 valence electrons. The van der Waals surface area contributed by atoms with Gasteiger partial charge >= 0.3 is 0 Å². The van der Waals surface area contributed by atoms with Crippen molar-refractivity contribution in [1.29, 1.82) is 0 Å².